The van der Waals surface area contributed by atoms with Crippen LogP contribution in [0.15, 0.2) is 53.9 Å². The van der Waals surface area contributed by atoms with Crippen molar-refractivity contribution in [3.8, 4) is 11.4 Å². The largest absolute Gasteiger partial charge is 0.325 e. The summed E-state index contributed by atoms with van der Waals surface area (Å²) in [5, 5.41) is 12.0. The summed E-state index contributed by atoms with van der Waals surface area (Å²) >= 11 is 1.39. The molecule has 2 aromatic heterocycles. The molecule has 2 unspecified atom stereocenters. The fourth-order valence-corrected chi connectivity index (χ4v) is 3.69. The van der Waals surface area contributed by atoms with Crippen molar-refractivity contribution in [2.24, 2.45) is 7.05 Å². The molecule has 0 aliphatic carbocycles. The van der Waals surface area contributed by atoms with Gasteiger partial charge < -0.3 is 9.88 Å². The summed E-state index contributed by atoms with van der Waals surface area (Å²) in [5.74, 6) is 1.07. The predicted molar refractivity (Wildman–Crippen MR) is 113 cm³/mol. The Kier molecular flexibility index (Phi) is 6.46. The van der Waals surface area contributed by atoms with Gasteiger partial charge in [-0.2, -0.15) is 0 Å². The number of pyridine rings is 1. The first-order chi connectivity index (χ1) is 13.5. The highest BCUT2D eigenvalue weighted by molar-refractivity contribution is 8.00. The number of para-hydroxylation sites is 1. The molecule has 1 aromatic carbocycles. The Morgan fingerprint density at radius 2 is 1.96 bits per heavy atom. The number of thioether (sulfide) groups is 1. The van der Waals surface area contributed by atoms with Gasteiger partial charge >= 0.3 is 0 Å². The fourth-order valence-electron chi connectivity index (χ4n) is 2.87. The van der Waals surface area contributed by atoms with Gasteiger partial charge in [-0.15, -0.1) is 10.2 Å². The van der Waals surface area contributed by atoms with Gasteiger partial charge in [0.2, 0.25) is 5.91 Å². The third-order valence-corrected chi connectivity index (χ3v) is 5.90. The number of carbonyl (C=O) groups is 1. The lowest BCUT2D eigenvalue weighted by molar-refractivity contribution is -0.115. The second kappa shape index (κ2) is 9.01. The minimum Gasteiger partial charge on any atom is -0.325 e. The Hall–Kier alpha value is -2.67. The van der Waals surface area contributed by atoms with Crippen LogP contribution in [0, 0.1) is 0 Å². The molecule has 1 amide bonds. The molecule has 0 bridgehead atoms. The number of anilines is 1. The number of hydrogen-bond donors (Lipinski definition) is 1. The molecule has 28 heavy (non-hydrogen) atoms. The minimum absolute atomic E-state index is 0.0494. The summed E-state index contributed by atoms with van der Waals surface area (Å²) in [6, 6.07) is 11.8. The lowest BCUT2D eigenvalue weighted by atomic mass is 9.97. The van der Waals surface area contributed by atoms with Crippen molar-refractivity contribution in [3.63, 3.8) is 0 Å². The van der Waals surface area contributed by atoms with Crippen LogP contribution in [0.4, 0.5) is 5.69 Å². The molecule has 0 spiro atoms. The van der Waals surface area contributed by atoms with Crippen molar-refractivity contribution in [1.29, 1.82) is 0 Å². The Morgan fingerprint density at radius 3 is 2.68 bits per heavy atom. The van der Waals surface area contributed by atoms with E-state index in [0.717, 1.165) is 29.1 Å². The maximum atomic E-state index is 12.8. The number of amides is 1. The predicted octanol–water partition coefficient (Wildman–Crippen LogP) is 4.51. The number of nitrogens with one attached hydrogen (secondary N) is 1. The molecule has 0 aliphatic rings. The van der Waals surface area contributed by atoms with Crippen LogP contribution in [0.1, 0.15) is 38.7 Å². The summed E-state index contributed by atoms with van der Waals surface area (Å²) in [6.07, 6.45) is 4.49. The number of aromatic nitrogens is 4. The van der Waals surface area contributed by atoms with Gasteiger partial charge in [-0.05, 0) is 43.0 Å². The zero-order valence-corrected chi connectivity index (χ0v) is 17.4. The van der Waals surface area contributed by atoms with Crippen LogP contribution >= 0.6 is 11.8 Å². The van der Waals surface area contributed by atoms with Crippen molar-refractivity contribution < 1.29 is 4.79 Å². The van der Waals surface area contributed by atoms with E-state index in [0.29, 0.717) is 11.1 Å². The normalized spacial score (nSPS) is 13.1. The molecular weight excluding hydrogens is 370 g/mol. The standard InChI is InChI=1S/C21H25N5OS/c1-5-14(2)17-10-6-7-11-18(17)23-20(27)15(3)28-21-25-24-19(26(21)4)16-9-8-12-22-13-16/h6-15H,5H2,1-4H3,(H,23,27). The van der Waals surface area contributed by atoms with E-state index in [4.69, 9.17) is 0 Å². The van der Waals surface area contributed by atoms with Gasteiger partial charge in [0, 0.05) is 30.7 Å². The average molecular weight is 396 g/mol. The molecule has 0 fully saturated rings. The number of carbonyl (C=O) groups excluding carboxylic acids is 1. The lowest BCUT2D eigenvalue weighted by Crippen LogP contribution is -2.23. The second-order valence-corrected chi connectivity index (χ2v) is 8.06. The van der Waals surface area contributed by atoms with Crippen molar-refractivity contribution in [2.75, 3.05) is 5.32 Å². The van der Waals surface area contributed by atoms with Crippen LogP contribution in [0.5, 0.6) is 0 Å². The van der Waals surface area contributed by atoms with E-state index in [1.807, 2.05) is 48.9 Å². The smallest absolute Gasteiger partial charge is 0.237 e. The molecule has 0 radical (unpaired) electrons. The highest BCUT2D eigenvalue weighted by Crippen LogP contribution is 2.29. The average Bonchev–Trinajstić information content (AvgIpc) is 3.08. The summed E-state index contributed by atoms with van der Waals surface area (Å²) < 4.78 is 1.89. The van der Waals surface area contributed by atoms with Crippen LogP contribution < -0.4 is 5.32 Å². The maximum Gasteiger partial charge on any atom is 0.237 e. The van der Waals surface area contributed by atoms with Crippen LogP contribution in [0.3, 0.4) is 0 Å². The quantitative estimate of drug-likeness (QED) is 0.596. The number of benzene rings is 1. The number of nitrogens with zero attached hydrogens (tertiary/aromatic N) is 4. The van der Waals surface area contributed by atoms with Gasteiger partial charge in [0.1, 0.15) is 0 Å². The van der Waals surface area contributed by atoms with Gasteiger partial charge in [0.05, 0.1) is 5.25 Å². The van der Waals surface area contributed by atoms with Crippen LogP contribution in [-0.2, 0) is 11.8 Å². The molecule has 0 saturated heterocycles. The number of rotatable bonds is 7. The topological polar surface area (TPSA) is 72.7 Å². The Labute approximate surface area is 169 Å². The first-order valence-electron chi connectivity index (χ1n) is 9.37. The Morgan fingerprint density at radius 1 is 1.18 bits per heavy atom. The third-order valence-electron chi connectivity index (χ3n) is 4.77. The first-order valence-corrected chi connectivity index (χ1v) is 10.3. The van der Waals surface area contributed by atoms with E-state index in [1.165, 1.54) is 11.8 Å². The van der Waals surface area contributed by atoms with E-state index in [-0.39, 0.29) is 11.2 Å². The van der Waals surface area contributed by atoms with E-state index in [2.05, 4.69) is 40.4 Å². The van der Waals surface area contributed by atoms with Crippen molar-refractivity contribution in [1.82, 2.24) is 19.7 Å². The molecule has 0 saturated carbocycles. The van der Waals surface area contributed by atoms with Gasteiger partial charge in [-0.3, -0.25) is 9.78 Å². The zero-order valence-electron chi connectivity index (χ0n) is 16.6. The van der Waals surface area contributed by atoms with Crippen LogP contribution in [0.25, 0.3) is 11.4 Å². The molecule has 6 nitrogen and oxygen atoms in total. The SMILES string of the molecule is CCC(C)c1ccccc1NC(=O)C(C)Sc1nnc(-c2cccnc2)n1C. The van der Waals surface area contributed by atoms with E-state index < -0.39 is 0 Å². The summed E-state index contributed by atoms with van der Waals surface area (Å²) in [6.45, 7) is 6.20. The lowest BCUT2D eigenvalue weighted by Gasteiger charge is -2.17. The van der Waals surface area contributed by atoms with Gasteiger partial charge in [0.15, 0.2) is 11.0 Å². The minimum atomic E-state index is -0.311. The molecule has 3 aromatic rings. The monoisotopic (exact) mass is 395 g/mol. The molecule has 7 heteroatoms. The van der Waals surface area contributed by atoms with E-state index in [9.17, 15) is 4.79 Å². The van der Waals surface area contributed by atoms with Crippen LogP contribution in [0.2, 0.25) is 0 Å². The molecular formula is C21H25N5OS. The maximum absolute atomic E-state index is 12.8. The van der Waals surface area contributed by atoms with Crippen molar-refractivity contribution in [3.05, 3.63) is 54.4 Å². The molecule has 2 heterocycles. The molecule has 0 aliphatic heterocycles. The van der Waals surface area contributed by atoms with Crippen molar-refractivity contribution in [2.45, 2.75) is 43.5 Å². The van der Waals surface area contributed by atoms with Crippen molar-refractivity contribution >= 4 is 23.4 Å². The highest BCUT2D eigenvalue weighted by atomic mass is 32.2. The summed E-state index contributed by atoms with van der Waals surface area (Å²) in [5.41, 5.74) is 2.93. The molecule has 3 rings (SSSR count). The molecule has 1 N–H and O–H groups in total. The third kappa shape index (κ3) is 4.42. The van der Waals surface area contributed by atoms with E-state index >= 15 is 0 Å². The molecule has 2 atom stereocenters. The Bertz CT molecular complexity index is 941. The van der Waals surface area contributed by atoms with Gasteiger partial charge in [0.25, 0.3) is 0 Å². The zero-order chi connectivity index (χ0) is 20.1. The van der Waals surface area contributed by atoms with Gasteiger partial charge in [-0.25, -0.2) is 0 Å². The molecule has 146 valence electrons. The second-order valence-electron chi connectivity index (χ2n) is 6.75. The summed E-state index contributed by atoms with van der Waals surface area (Å²) in [7, 11) is 1.90. The van der Waals surface area contributed by atoms with E-state index in [1.54, 1.807) is 12.4 Å². The fraction of sp³-hybridized carbons (Fsp3) is 0.333. The van der Waals surface area contributed by atoms with Gasteiger partial charge in [-0.1, -0.05) is 43.8 Å². The Balaban J connectivity index is 1.72. The first kappa shape index (κ1) is 20.1. The van der Waals surface area contributed by atoms with Crippen LogP contribution in [-0.4, -0.2) is 30.9 Å². The summed E-state index contributed by atoms with van der Waals surface area (Å²) in [4.78, 5) is 16.9. The highest BCUT2D eigenvalue weighted by Gasteiger charge is 2.20. The number of hydrogen-bond acceptors (Lipinski definition) is 5.